The molecule has 0 aromatic carbocycles. The highest BCUT2D eigenvalue weighted by Gasteiger charge is 2.56. The van der Waals surface area contributed by atoms with Crippen LogP contribution in [0.2, 0.25) is 0 Å². The van der Waals surface area contributed by atoms with Gasteiger partial charge in [-0.1, -0.05) is 12.7 Å². The van der Waals surface area contributed by atoms with Crippen molar-refractivity contribution in [1.29, 1.82) is 0 Å². The van der Waals surface area contributed by atoms with Crippen LogP contribution in [0.3, 0.4) is 0 Å². The zero-order valence-electron chi connectivity index (χ0n) is 15.5. The Morgan fingerprint density at radius 1 is 1.17 bits per heavy atom. The predicted molar refractivity (Wildman–Crippen MR) is 93.7 cm³/mol. The second-order valence-corrected chi connectivity index (χ2v) is 9.36. The summed E-state index contributed by atoms with van der Waals surface area (Å²) in [5.41, 5.74) is 0. The first-order chi connectivity index (χ1) is 11.0. The predicted octanol–water partition coefficient (Wildman–Crippen LogP) is 3.89. The van der Waals surface area contributed by atoms with E-state index in [1.54, 1.807) is 6.08 Å². The van der Waals surface area contributed by atoms with Crippen LogP contribution in [0.15, 0.2) is 25.1 Å². The monoisotopic (exact) mass is 359 g/mol. The lowest BCUT2D eigenvalue weighted by Gasteiger charge is -2.37. The molecular formula is C17H30NO5P. The van der Waals surface area contributed by atoms with Gasteiger partial charge in [0.2, 0.25) is 0 Å². The van der Waals surface area contributed by atoms with Gasteiger partial charge >= 0.3 is 0 Å². The lowest BCUT2D eigenvalue weighted by molar-refractivity contribution is -0.207. The summed E-state index contributed by atoms with van der Waals surface area (Å²) in [5.74, 6) is 0.637. The maximum atomic E-state index is 13.5. The second kappa shape index (κ2) is 7.02. The van der Waals surface area contributed by atoms with E-state index in [0.29, 0.717) is 0 Å². The number of fused-ring (bicyclic) bond motifs is 1. The maximum absolute atomic E-state index is 13.5. The van der Waals surface area contributed by atoms with Crippen molar-refractivity contribution in [3.05, 3.63) is 25.1 Å². The Morgan fingerprint density at radius 2 is 1.75 bits per heavy atom. The molecule has 2 aliphatic rings. The minimum Gasteiger partial charge on any atom is -0.340 e. The number of hydrogen-bond donors (Lipinski definition) is 0. The van der Waals surface area contributed by atoms with Gasteiger partial charge in [0.25, 0.3) is 7.52 Å². The molecule has 0 bridgehead atoms. The summed E-state index contributed by atoms with van der Waals surface area (Å²) >= 11 is 0. The van der Waals surface area contributed by atoms with Crippen molar-refractivity contribution < 1.29 is 23.3 Å². The van der Waals surface area contributed by atoms with Gasteiger partial charge in [-0.15, -0.1) is 6.58 Å². The van der Waals surface area contributed by atoms with Crippen molar-refractivity contribution in [3.8, 4) is 0 Å². The Hall–Kier alpha value is -0.490. The number of ether oxygens (including phenoxy) is 3. The Balaban J connectivity index is 2.29. The van der Waals surface area contributed by atoms with Gasteiger partial charge in [0.05, 0.1) is 0 Å². The van der Waals surface area contributed by atoms with Gasteiger partial charge in [0, 0.05) is 17.9 Å². The Kier molecular flexibility index (Phi) is 5.80. The summed E-state index contributed by atoms with van der Waals surface area (Å²) in [6.07, 6.45) is -0.412. The zero-order chi connectivity index (χ0) is 18.3. The third-order valence-electron chi connectivity index (χ3n) is 4.14. The molecule has 1 unspecified atom stereocenters. The molecule has 24 heavy (non-hydrogen) atoms. The lowest BCUT2D eigenvalue weighted by Crippen LogP contribution is -2.40. The van der Waals surface area contributed by atoms with Crippen LogP contribution in [0.25, 0.3) is 0 Å². The molecule has 0 N–H and O–H groups in total. The van der Waals surface area contributed by atoms with Crippen molar-refractivity contribution in [2.24, 2.45) is 0 Å². The molecule has 7 heteroatoms. The Morgan fingerprint density at radius 3 is 2.21 bits per heavy atom. The van der Waals surface area contributed by atoms with Crippen LogP contribution in [0.1, 0.15) is 41.5 Å². The molecule has 6 nitrogen and oxygen atoms in total. The average molecular weight is 359 g/mol. The molecular weight excluding hydrogens is 329 g/mol. The van der Waals surface area contributed by atoms with Crippen molar-refractivity contribution in [2.45, 2.75) is 84.0 Å². The summed E-state index contributed by atoms with van der Waals surface area (Å²) in [6, 6.07) is 0.0673. The highest BCUT2D eigenvalue weighted by Crippen LogP contribution is 2.57. The van der Waals surface area contributed by atoms with Crippen molar-refractivity contribution in [1.82, 2.24) is 4.67 Å². The van der Waals surface area contributed by atoms with E-state index in [0.717, 1.165) is 0 Å². The largest absolute Gasteiger partial charge is 0.340 e. The van der Waals surface area contributed by atoms with E-state index in [-0.39, 0.29) is 12.1 Å². The topological polar surface area (TPSA) is 57.2 Å². The number of hydrogen-bond acceptors (Lipinski definition) is 5. The van der Waals surface area contributed by atoms with Crippen molar-refractivity contribution in [3.63, 3.8) is 0 Å². The normalized spacial score (nSPS) is 34.5. The maximum Gasteiger partial charge on any atom is 0.295 e. The van der Waals surface area contributed by atoms with Crippen LogP contribution < -0.4 is 0 Å². The molecule has 0 saturated carbocycles. The summed E-state index contributed by atoms with van der Waals surface area (Å²) in [4.78, 5) is 0. The van der Waals surface area contributed by atoms with Gasteiger partial charge in [0.15, 0.2) is 12.1 Å². The quantitative estimate of drug-likeness (QED) is 0.508. The van der Waals surface area contributed by atoms with E-state index in [1.165, 1.54) is 5.82 Å². The Bertz CT molecular complexity index is 525. The Labute approximate surface area is 145 Å². The molecule has 0 aromatic rings. The van der Waals surface area contributed by atoms with E-state index < -0.39 is 37.9 Å². The summed E-state index contributed by atoms with van der Waals surface area (Å²) in [5, 5.41) is 0. The highest BCUT2D eigenvalue weighted by molar-refractivity contribution is 7.59. The first-order valence-corrected chi connectivity index (χ1v) is 10.0. The molecule has 2 heterocycles. The van der Waals surface area contributed by atoms with E-state index in [9.17, 15) is 4.57 Å². The molecule has 0 spiro atoms. The first kappa shape index (κ1) is 19.8. The van der Waals surface area contributed by atoms with Gasteiger partial charge in [-0.05, 0) is 41.5 Å². The molecule has 0 radical (unpaired) electrons. The lowest BCUT2D eigenvalue weighted by atomic mass is 10.1. The van der Waals surface area contributed by atoms with Crippen LogP contribution >= 0.6 is 7.52 Å². The van der Waals surface area contributed by atoms with Gasteiger partial charge in [-0.2, -0.15) is 0 Å². The smallest absolute Gasteiger partial charge is 0.295 e. The molecule has 138 valence electrons. The third-order valence-corrected chi connectivity index (χ3v) is 6.72. The molecule has 2 aliphatic heterocycles. The van der Waals surface area contributed by atoms with Crippen molar-refractivity contribution >= 4 is 7.52 Å². The second-order valence-electron chi connectivity index (χ2n) is 7.19. The fraction of sp³-hybridized carbons (Fsp3) is 0.765. The molecule has 0 aromatic heterocycles. The van der Waals surface area contributed by atoms with Gasteiger partial charge in [0.1, 0.15) is 18.3 Å². The summed E-state index contributed by atoms with van der Waals surface area (Å²) < 4.78 is 38.9. The van der Waals surface area contributed by atoms with E-state index in [4.69, 9.17) is 18.7 Å². The van der Waals surface area contributed by atoms with E-state index >= 15 is 0 Å². The van der Waals surface area contributed by atoms with Crippen LogP contribution in [0.5, 0.6) is 0 Å². The number of rotatable bonds is 7. The van der Waals surface area contributed by atoms with Crippen molar-refractivity contribution in [2.75, 3.05) is 0 Å². The molecule has 2 fully saturated rings. The van der Waals surface area contributed by atoms with Crippen LogP contribution in [0.4, 0.5) is 0 Å². The molecule has 0 amide bonds. The average Bonchev–Trinajstić information content (AvgIpc) is 2.90. The first-order valence-electron chi connectivity index (χ1n) is 8.39. The standard InChI is InChI=1S/C17H30NO5P/c1-9-13-14(15-16(20-13)22-17(7,8)21-15)23-24(19,10-2)18(11(3)4)12(5)6/h9-16H,1-2H2,3-8H3/t13-,14+,15-,16-,24?/m1/s1. The van der Waals surface area contributed by atoms with Crippen LogP contribution in [0, 0.1) is 0 Å². The van der Waals surface area contributed by atoms with Crippen LogP contribution in [-0.4, -0.2) is 47.1 Å². The summed E-state index contributed by atoms with van der Waals surface area (Å²) in [6.45, 7) is 19.1. The van der Waals surface area contributed by atoms with E-state index in [1.807, 2.05) is 46.2 Å². The van der Waals surface area contributed by atoms with Crippen LogP contribution in [-0.2, 0) is 23.3 Å². The fourth-order valence-electron chi connectivity index (χ4n) is 3.42. The molecule has 2 saturated heterocycles. The summed E-state index contributed by atoms with van der Waals surface area (Å²) in [7, 11) is -3.28. The number of nitrogens with zero attached hydrogens (tertiary/aromatic N) is 1. The molecule has 2 rings (SSSR count). The molecule has 5 atom stereocenters. The fourth-order valence-corrected chi connectivity index (χ4v) is 5.68. The minimum atomic E-state index is -3.28. The minimum absolute atomic E-state index is 0.0336. The van der Waals surface area contributed by atoms with E-state index in [2.05, 4.69) is 13.2 Å². The van der Waals surface area contributed by atoms with Gasteiger partial charge < -0.3 is 18.7 Å². The SMILES string of the molecule is C=C[C@H]1O[C@@H]2OC(C)(C)O[C@@H]2[C@H]1OP(=O)(C=C)N(C(C)C)C(C)C. The van der Waals surface area contributed by atoms with Gasteiger partial charge in [-0.25, -0.2) is 4.67 Å². The van der Waals surface area contributed by atoms with Gasteiger partial charge in [-0.3, -0.25) is 4.57 Å². The highest BCUT2D eigenvalue weighted by atomic mass is 31.2. The zero-order valence-corrected chi connectivity index (χ0v) is 16.4. The molecule has 0 aliphatic carbocycles. The third kappa shape index (κ3) is 3.69.